The smallest absolute Gasteiger partial charge is 0.410 e. The zero-order chi connectivity index (χ0) is 29.6. The van der Waals surface area contributed by atoms with Crippen LogP contribution in [0.25, 0.3) is 0 Å². The van der Waals surface area contributed by atoms with Crippen molar-refractivity contribution in [3.63, 3.8) is 0 Å². The maximum absolute atomic E-state index is 11.8. The summed E-state index contributed by atoms with van der Waals surface area (Å²) in [4.78, 5) is 13.3. The second kappa shape index (κ2) is 29.4. The van der Waals surface area contributed by atoms with Crippen molar-refractivity contribution < 1.29 is 56.9 Å². The largest absolute Gasteiger partial charge is 0.444 e. The van der Waals surface area contributed by atoms with Gasteiger partial charge in [-0.2, -0.15) is 0 Å². The maximum Gasteiger partial charge on any atom is 0.410 e. The van der Waals surface area contributed by atoms with Crippen molar-refractivity contribution in [3.8, 4) is 0 Å². The Hall–Kier alpha value is -1.13. The van der Waals surface area contributed by atoms with Gasteiger partial charge >= 0.3 is 6.09 Å². The van der Waals surface area contributed by atoms with Crippen molar-refractivity contribution in [2.24, 2.45) is 0 Å². The number of methoxy groups -OCH3 is 1. The molecule has 0 rings (SSSR count). The first-order chi connectivity index (χ1) is 19.4. The summed E-state index contributed by atoms with van der Waals surface area (Å²) in [7, 11) is 3.32. The van der Waals surface area contributed by atoms with E-state index < -0.39 is 5.60 Å². The van der Waals surface area contributed by atoms with Crippen LogP contribution in [0.2, 0.25) is 0 Å². The summed E-state index contributed by atoms with van der Waals surface area (Å²) in [6.07, 6.45) is -0.362. The molecule has 0 saturated heterocycles. The Balaban J connectivity index is 3.15. The van der Waals surface area contributed by atoms with Crippen molar-refractivity contribution in [2.45, 2.75) is 26.4 Å². The Morgan fingerprint density at radius 3 is 0.975 bits per heavy atom. The minimum absolute atomic E-state index is 0.362. The Bertz CT molecular complexity index is 536. The van der Waals surface area contributed by atoms with E-state index in [-0.39, 0.29) is 6.09 Å². The molecule has 0 aliphatic heterocycles. The van der Waals surface area contributed by atoms with E-state index in [2.05, 4.69) is 0 Å². The predicted octanol–water partition coefficient (Wildman–Crippen LogP) is 1.65. The molecule has 0 aromatic heterocycles. The summed E-state index contributed by atoms with van der Waals surface area (Å²) in [5, 5.41) is 0. The van der Waals surface area contributed by atoms with E-state index in [1.54, 1.807) is 14.2 Å². The van der Waals surface area contributed by atoms with Gasteiger partial charge in [0.05, 0.1) is 126 Å². The standard InChI is InChI=1S/C27H55NO12/c1-27(2,3)40-26(29)28(4)6-7-31-10-11-33-14-15-35-18-19-37-22-23-39-25-24-38-21-20-36-17-16-34-13-12-32-9-8-30-5/h6-25H2,1-5H3. The van der Waals surface area contributed by atoms with Crippen molar-refractivity contribution in [1.82, 2.24) is 4.90 Å². The molecule has 0 fully saturated rings. The van der Waals surface area contributed by atoms with Crippen LogP contribution in [0, 0.1) is 0 Å². The number of hydrogen-bond donors (Lipinski definition) is 0. The normalized spacial score (nSPS) is 11.7. The number of likely N-dealkylation sites (N-methyl/N-ethyl adjacent to an activating group) is 1. The molecule has 0 heterocycles. The molecule has 0 spiro atoms. The fourth-order valence-electron chi connectivity index (χ4n) is 2.64. The first kappa shape index (κ1) is 38.9. The number of ether oxygens (including phenoxy) is 11. The molecule has 1 amide bonds. The summed E-state index contributed by atoms with van der Waals surface area (Å²) in [6.45, 7) is 15.6. The molecule has 40 heavy (non-hydrogen) atoms. The number of carbonyl (C=O) groups excluding carboxylic acids is 1. The van der Waals surface area contributed by atoms with Crippen LogP contribution in [0.4, 0.5) is 4.79 Å². The molecule has 0 unspecified atom stereocenters. The van der Waals surface area contributed by atoms with Gasteiger partial charge in [0.2, 0.25) is 0 Å². The lowest BCUT2D eigenvalue weighted by molar-refractivity contribution is -0.0261. The second-order valence-corrected chi connectivity index (χ2v) is 9.41. The van der Waals surface area contributed by atoms with Gasteiger partial charge in [-0.1, -0.05) is 0 Å². The topological polar surface area (TPSA) is 122 Å². The molecule has 240 valence electrons. The van der Waals surface area contributed by atoms with Gasteiger partial charge in [0.1, 0.15) is 5.60 Å². The fraction of sp³-hybridized carbons (Fsp3) is 0.963. The molecule has 0 aliphatic rings. The predicted molar refractivity (Wildman–Crippen MR) is 148 cm³/mol. The fourth-order valence-corrected chi connectivity index (χ4v) is 2.64. The summed E-state index contributed by atoms with van der Waals surface area (Å²) < 4.78 is 59.0. The minimum Gasteiger partial charge on any atom is -0.444 e. The average molecular weight is 586 g/mol. The van der Waals surface area contributed by atoms with E-state index in [4.69, 9.17) is 52.1 Å². The van der Waals surface area contributed by atoms with Gasteiger partial charge < -0.3 is 57.0 Å². The van der Waals surface area contributed by atoms with Crippen molar-refractivity contribution in [3.05, 3.63) is 0 Å². The molecule has 0 bridgehead atoms. The van der Waals surface area contributed by atoms with Gasteiger partial charge in [0, 0.05) is 20.7 Å². The zero-order valence-electron chi connectivity index (χ0n) is 25.5. The molecule has 0 N–H and O–H groups in total. The number of nitrogens with zero attached hydrogens (tertiary/aromatic N) is 1. The van der Waals surface area contributed by atoms with E-state index in [0.717, 1.165) is 0 Å². The molecule has 13 heteroatoms. The van der Waals surface area contributed by atoms with Crippen LogP contribution in [0.3, 0.4) is 0 Å². The van der Waals surface area contributed by atoms with Gasteiger partial charge in [0.25, 0.3) is 0 Å². The number of amides is 1. The van der Waals surface area contributed by atoms with E-state index in [9.17, 15) is 4.79 Å². The Kier molecular flexibility index (Phi) is 28.5. The third-order valence-corrected chi connectivity index (χ3v) is 4.68. The molecular weight excluding hydrogens is 530 g/mol. The van der Waals surface area contributed by atoms with E-state index in [1.165, 1.54) is 4.90 Å². The lowest BCUT2D eigenvalue weighted by Gasteiger charge is -2.24. The summed E-state index contributed by atoms with van der Waals surface area (Å²) >= 11 is 0. The van der Waals surface area contributed by atoms with Crippen LogP contribution < -0.4 is 0 Å². The molecule has 0 radical (unpaired) electrons. The van der Waals surface area contributed by atoms with Gasteiger partial charge in [-0.15, -0.1) is 0 Å². The molecule has 0 aromatic carbocycles. The third-order valence-electron chi connectivity index (χ3n) is 4.68. The van der Waals surface area contributed by atoms with Crippen LogP contribution in [0.15, 0.2) is 0 Å². The molecule has 0 atom stereocenters. The van der Waals surface area contributed by atoms with Crippen molar-refractivity contribution >= 4 is 6.09 Å². The summed E-state index contributed by atoms with van der Waals surface area (Å²) in [5.41, 5.74) is -0.506. The third kappa shape index (κ3) is 31.4. The maximum atomic E-state index is 11.8. The van der Waals surface area contributed by atoms with Crippen molar-refractivity contribution in [2.75, 3.05) is 146 Å². The molecule has 13 nitrogen and oxygen atoms in total. The SMILES string of the molecule is COCCOCCOCCOCCOCCOCCOCCOCCOCCOCCN(C)C(=O)OC(C)(C)C. The highest BCUT2D eigenvalue weighted by Gasteiger charge is 2.19. The first-order valence-corrected chi connectivity index (χ1v) is 14.0. The summed E-state index contributed by atoms with van der Waals surface area (Å²) in [5.74, 6) is 0. The average Bonchev–Trinajstić information content (AvgIpc) is 2.91. The Labute approximate surface area is 240 Å². The first-order valence-electron chi connectivity index (χ1n) is 14.0. The van der Waals surface area contributed by atoms with Crippen LogP contribution >= 0.6 is 0 Å². The number of rotatable bonds is 30. The highest BCUT2D eigenvalue weighted by molar-refractivity contribution is 5.67. The van der Waals surface area contributed by atoms with Gasteiger partial charge in [-0.05, 0) is 20.8 Å². The molecule has 0 saturated carbocycles. The van der Waals surface area contributed by atoms with Crippen LogP contribution in [0.1, 0.15) is 20.8 Å². The molecule has 0 aromatic rings. The van der Waals surface area contributed by atoms with Crippen LogP contribution in [0.5, 0.6) is 0 Å². The molecular formula is C27H55NO12. The highest BCUT2D eigenvalue weighted by Crippen LogP contribution is 2.08. The van der Waals surface area contributed by atoms with Gasteiger partial charge in [0.15, 0.2) is 0 Å². The second-order valence-electron chi connectivity index (χ2n) is 9.41. The highest BCUT2D eigenvalue weighted by atomic mass is 16.6. The Morgan fingerprint density at radius 2 is 0.725 bits per heavy atom. The van der Waals surface area contributed by atoms with Gasteiger partial charge in [-0.3, -0.25) is 0 Å². The van der Waals surface area contributed by atoms with E-state index in [0.29, 0.717) is 132 Å². The van der Waals surface area contributed by atoms with E-state index in [1.807, 2.05) is 20.8 Å². The quantitative estimate of drug-likeness (QED) is 0.114. The van der Waals surface area contributed by atoms with Crippen LogP contribution in [-0.4, -0.2) is 163 Å². The van der Waals surface area contributed by atoms with Gasteiger partial charge in [-0.25, -0.2) is 4.79 Å². The Morgan fingerprint density at radius 1 is 0.475 bits per heavy atom. The minimum atomic E-state index is -0.506. The van der Waals surface area contributed by atoms with Crippen molar-refractivity contribution in [1.29, 1.82) is 0 Å². The summed E-state index contributed by atoms with van der Waals surface area (Å²) in [6, 6.07) is 0. The lowest BCUT2D eigenvalue weighted by atomic mass is 10.2. The monoisotopic (exact) mass is 585 g/mol. The lowest BCUT2D eigenvalue weighted by Crippen LogP contribution is -2.36. The molecule has 0 aliphatic carbocycles. The van der Waals surface area contributed by atoms with Crippen LogP contribution in [-0.2, 0) is 52.1 Å². The zero-order valence-corrected chi connectivity index (χ0v) is 25.5. The van der Waals surface area contributed by atoms with E-state index >= 15 is 0 Å². The number of hydrogen-bond acceptors (Lipinski definition) is 12. The number of carbonyl (C=O) groups is 1.